The molecule has 1 aromatic rings. The maximum Gasteiger partial charge on any atom is 0.140 e. The van der Waals surface area contributed by atoms with Crippen LogP contribution in [0.2, 0.25) is 0 Å². The maximum absolute atomic E-state index is 8.59. The highest BCUT2D eigenvalue weighted by atomic mass is 79.9. The molecule has 0 radical (unpaired) electrons. The SMILES string of the molecule is CCC(C/C(N)=N/O)N[C@@H](C)c1ccc(Br)cc1. The average Bonchev–Trinajstić information content (AvgIpc) is 2.38. The first-order valence-corrected chi connectivity index (χ1v) is 6.84. The Balaban J connectivity index is 2.61. The van der Waals surface area contributed by atoms with Crippen molar-refractivity contribution in [2.75, 3.05) is 0 Å². The Morgan fingerprint density at radius 3 is 2.56 bits per heavy atom. The van der Waals surface area contributed by atoms with Crippen molar-refractivity contribution in [1.29, 1.82) is 0 Å². The zero-order valence-electron chi connectivity index (χ0n) is 10.7. The van der Waals surface area contributed by atoms with Crippen LogP contribution in [0.25, 0.3) is 0 Å². The summed E-state index contributed by atoms with van der Waals surface area (Å²) in [6.45, 7) is 4.19. The Hall–Kier alpha value is -1.07. The van der Waals surface area contributed by atoms with Crippen molar-refractivity contribution in [3.8, 4) is 0 Å². The molecule has 18 heavy (non-hydrogen) atoms. The average molecular weight is 314 g/mol. The van der Waals surface area contributed by atoms with Gasteiger partial charge in [0.15, 0.2) is 0 Å². The second-order valence-corrected chi connectivity index (χ2v) is 5.26. The zero-order valence-corrected chi connectivity index (χ0v) is 12.3. The molecule has 4 nitrogen and oxygen atoms in total. The van der Waals surface area contributed by atoms with Gasteiger partial charge in [-0.3, -0.25) is 0 Å². The molecule has 0 spiro atoms. The van der Waals surface area contributed by atoms with Gasteiger partial charge in [0.1, 0.15) is 5.84 Å². The molecule has 4 N–H and O–H groups in total. The molecule has 1 unspecified atom stereocenters. The van der Waals surface area contributed by atoms with Crippen molar-refractivity contribution in [2.24, 2.45) is 10.9 Å². The molecule has 0 aliphatic carbocycles. The molecule has 1 rings (SSSR count). The predicted molar refractivity (Wildman–Crippen MR) is 77.8 cm³/mol. The van der Waals surface area contributed by atoms with E-state index in [1.54, 1.807) is 0 Å². The van der Waals surface area contributed by atoms with E-state index in [1.807, 2.05) is 12.1 Å². The third-order valence-electron chi connectivity index (χ3n) is 2.93. The van der Waals surface area contributed by atoms with Crippen molar-refractivity contribution in [3.05, 3.63) is 34.3 Å². The molecular weight excluding hydrogens is 294 g/mol. The lowest BCUT2D eigenvalue weighted by atomic mass is 10.0. The van der Waals surface area contributed by atoms with Crippen molar-refractivity contribution in [3.63, 3.8) is 0 Å². The van der Waals surface area contributed by atoms with E-state index in [0.29, 0.717) is 6.42 Å². The normalized spacial score (nSPS) is 15.4. The Morgan fingerprint density at radius 2 is 2.06 bits per heavy atom. The van der Waals surface area contributed by atoms with E-state index in [0.717, 1.165) is 10.9 Å². The Morgan fingerprint density at radius 1 is 1.44 bits per heavy atom. The van der Waals surface area contributed by atoms with Gasteiger partial charge in [-0.05, 0) is 31.0 Å². The van der Waals surface area contributed by atoms with E-state index in [4.69, 9.17) is 10.9 Å². The quantitative estimate of drug-likeness (QED) is 0.327. The maximum atomic E-state index is 8.59. The molecule has 0 saturated carbocycles. The Labute approximate surface area is 116 Å². The molecule has 0 amide bonds. The van der Waals surface area contributed by atoms with Gasteiger partial charge in [0, 0.05) is 23.0 Å². The fourth-order valence-corrected chi connectivity index (χ4v) is 2.08. The molecule has 2 atom stereocenters. The summed E-state index contributed by atoms with van der Waals surface area (Å²) in [6, 6.07) is 8.65. The van der Waals surface area contributed by atoms with Crippen LogP contribution in [0.1, 0.15) is 38.3 Å². The number of halogens is 1. The van der Waals surface area contributed by atoms with Gasteiger partial charge in [-0.1, -0.05) is 40.1 Å². The van der Waals surface area contributed by atoms with Crippen LogP contribution >= 0.6 is 15.9 Å². The van der Waals surface area contributed by atoms with Crippen LogP contribution in [-0.2, 0) is 0 Å². The lowest BCUT2D eigenvalue weighted by Crippen LogP contribution is -2.34. The van der Waals surface area contributed by atoms with E-state index in [2.05, 4.69) is 52.4 Å². The van der Waals surface area contributed by atoms with Crippen LogP contribution in [0.5, 0.6) is 0 Å². The van der Waals surface area contributed by atoms with Gasteiger partial charge in [-0.15, -0.1) is 0 Å². The van der Waals surface area contributed by atoms with Crippen LogP contribution in [0.15, 0.2) is 33.9 Å². The van der Waals surface area contributed by atoms with Gasteiger partial charge in [0.05, 0.1) is 0 Å². The minimum Gasteiger partial charge on any atom is -0.409 e. The number of benzene rings is 1. The second kappa shape index (κ2) is 7.38. The minimum absolute atomic E-state index is 0.208. The van der Waals surface area contributed by atoms with Crippen molar-refractivity contribution >= 4 is 21.8 Å². The highest BCUT2D eigenvalue weighted by molar-refractivity contribution is 9.10. The number of nitrogens with zero attached hydrogens (tertiary/aromatic N) is 1. The molecule has 0 aromatic heterocycles. The molecule has 0 saturated heterocycles. The predicted octanol–water partition coefficient (Wildman–Crippen LogP) is 3.01. The number of hydrogen-bond donors (Lipinski definition) is 3. The largest absolute Gasteiger partial charge is 0.409 e. The highest BCUT2D eigenvalue weighted by Gasteiger charge is 2.13. The van der Waals surface area contributed by atoms with E-state index < -0.39 is 0 Å². The number of hydrogen-bond acceptors (Lipinski definition) is 3. The van der Waals surface area contributed by atoms with Crippen LogP contribution in [0, 0.1) is 0 Å². The topological polar surface area (TPSA) is 70.6 Å². The lowest BCUT2D eigenvalue weighted by Gasteiger charge is -2.22. The minimum atomic E-state index is 0.208. The van der Waals surface area contributed by atoms with Crippen molar-refractivity contribution < 1.29 is 5.21 Å². The third kappa shape index (κ3) is 4.66. The number of oxime groups is 1. The molecule has 0 fully saturated rings. The standard InChI is InChI=1S/C13H20BrN3O/c1-3-12(8-13(15)17-18)16-9(2)10-4-6-11(14)7-5-10/h4-7,9,12,16,18H,3,8H2,1-2H3,(H2,15,17)/t9-,12?/m0/s1. The molecule has 0 aliphatic rings. The first-order valence-electron chi connectivity index (χ1n) is 6.04. The molecular formula is C13H20BrN3O. The summed E-state index contributed by atoms with van der Waals surface area (Å²) in [4.78, 5) is 0. The van der Waals surface area contributed by atoms with Gasteiger partial charge in [-0.25, -0.2) is 0 Å². The fourth-order valence-electron chi connectivity index (χ4n) is 1.82. The van der Waals surface area contributed by atoms with Crippen LogP contribution in [0.3, 0.4) is 0 Å². The summed E-state index contributed by atoms with van der Waals surface area (Å²) in [5.41, 5.74) is 6.76. The fraction of sp³-hybridized carbons (Fsp3) is 0.462. The second-order valence-electron chi connectivity index (χ2n) is 4.34. The summed E-state index contributed by atoms with van der Waals surface area (Å²) in [5, 5.41) is 15.1. The lowest BCUT2D eigenvalue weighted by molar-refractivity contribution is 0.315. The van der Waals surface area contributed by atoms with Crippen LogP contribution < -0.4 is 11.1 Å². The van der Waals surface area contributed by atoms with E-state index >= 15 is 0 Å². The first-order chi connectivity index (χ1) is 8.56. The van der Waals surface area contributed by atoms with E-state index in [1.165, 1.54) is 5.56 Å². The van der Waals surface area contributed by atoms with E-state index in [-0.39, 0.29) is 17.9 Å². The summed E-state index contributed by atoms with van der Waals surface area (Å²) in [5.74, 6) is 0.261. The van der Waals surface area contributed by atoms with Gasteiger partial charge in [-0.2, -0.15) is 0 Å². The number of amidine groups is 1. The zero-order chi connectivity index (χ0) is 13.5. The monoisotopic (exact) mass is 313 g/mol. The molecule has 0 aliphatic heterocycles. The van der Waals surface area contributed by atoms with E-state index in [9.17, 15) is 0 Å². The summed E-state index contributed by atoms with van der Waals surface area (Å²) < 4.78 is 1.07. The number of nitrogens with one attached hydrogen (secondary N) is 1. The molecule has 0 bridgehead atoms. The van der Waals surface area contributed by atoms with Crippen LogP contribution in [-0.4, -0.2) is 17.1 Å². The Bertz CT molecular complexity index is 392. The summed E-state index contributed by atoms with van der Waals surface area (Å²) in [6.07, 6.45) is 1.48. The van der Waals surface area contributed by atoms with Crippen LogP contribution in [0.4, 0.5) is 0 Å². The van der Waals surface area contributed by atoms with Gasteiger partial charge < -0.3 is 16.3 Å². The summed E-state index contributed by atoms with van der Waals surface area (Å²) >= 11 is 3.42. The Kier molecular flexibility index (Phi) is 6.15. The number of rotatable bonds is 6. The van der Waals surface area contributed by atoms with Crippen molar-refractivity contribution in [1.82, 2.24) is 5.32 Å². The third-order valence-corrected chi connectivity index (χ3v) is 3.46. The molecule has 5 heteroatoms. The molecule has 0 heterocycles. The van der Waals surface area contributed by atoms with Gasteiger partial charge >= 0.3 is 0 Å². The van der Waals surface area contributed by atoms with Gasteiger partial charge in [0.2, 0.25) is 0 Å². The molecule has 100 valence electrons. The van der Waals surface area contributed by atoms with Crippen molar-refractivity contribution in [2.45, 2.75) is 38.8 Å². The summed E-state index contributed by atoms with van der Waals surface area (Å²) in [7, 11) is 0. The van der Waals surface area contributed by atoms with Gasteiger partial charge in [0.25, 0.3) is 0 Å². The number of nitrogens with two attached hydrogens (primary N) is 1. The molecule has 1 aromatic carbocycles. The smallest absolute Gasteiger partial charge is 0.140 e. The first kappa shape index (κ1) is 15.0. The highest BCUT2D eigenvalue weighted by Crippen LogP contribution is 2.17.